The summed E-state index contributed by atoms with van der Waals surface area (Å²) in [5.74, 6) is -1.21. The molecule has 0 saturated carbocycles. The van der Waals surface area contributed by atoms with Gasteiger partial charge in [0.05, 0.1) is 0 Å². The highest BCUT2D eigenvalue weighted by atomic mass is 127. The van der Waals surface area contributed by atoms with Crippen molar-refractivity contribution in [3.05, 3.63) is 88.9 Å². The predicted octanol–water partition coefficient (Wildman–Crippen LogP) is 3.28. The maximum absolute atomic E-state index is 13.8. The van der Waals surface area contributed by atoms with Crippen molar-refractivity contribution in [3.63, 3.8) is 0 Å². The van der Waals surface area contributed by atoms with Gasteiger partial charge in [-0.05, 0) is 23.6 Å². The average molecular weight is 705 g/mol. The number of hydrogen-bond donors (Lipinski definition) is 2. The summed E-state index contributed by atoms with van der Waals surface area (Å²) in [4.78, 5) is 50.9. The number of esters is 1. The molecule has 41 heavy (non-hydrogen) atoms. The summed E-state index contributed by atoms with van der Waals surface area (Å²) in [6.45, 7) is 1.93. The van der Waals surface area contributed by atoms with Crippen LogP contribution < -0.4 is 11.1 Å². The Balaban J connectivity index is 1.37. The van der Waals surface area contributed by atoms with Crippen LogP contribution in [0.15, 0.2) is 77.1 Å². The number of carbonyl (C=O) groups is 3. The second-order valence-electron chi connectivity index (χ2n) is 8.87. The van der Waals surface area contributed by atoms with E-state index >= 15 is 0 Å². The molecule has 1 fully saturated rings. The van der Waals surface area contributed by atoms with E-state index in [9.17, 15) is 14.4 Å². The van der Waals surface area contributed by atoms with Crippen molar-refractivity contribution >= 4 is 74.5 Å². The number of nitrogens with one attached hydrogen (secondary N) is 1. The lowest BCUT2D eigenvalue weighted by atomic mass is 10.0. The number of anilines is 1. The van der Waals surface area contributed by atoms with Crippen LogP contribution in [0.25, 0.3) is 0 Å². The van der Waals surface area contributed by atoms with Crippen molar-refractivity contribution in [3.8, 4) is 0 Å². The highest BCUT2D eigenvalue weighted by Gasteiger charge is 2.55. The second-order valence-corrected chi connectivity index (χ2v) is 11.5. The van der Waals surface area contributed by atoms with Crippen molar-refractivity contribution in [2.45, 2.75) is 24.4 Å². The lowest BCUT2D eigenvalue weighted by Gasteiger charge is -2.49. The molecule has 3 heterocycles. The number of rotatable bonds is 10. The van der Waals surface area contributed by atoms with Crippen LogP contribution in [-0.4, -0.2) is 66.0 Å². The molecule has 14 heteroatoms. The van der Waals surface area contributed by atoms with Gasteiger partial charge in [0.15, 0.2) is 11.2 Å². The lowest BCUT2D eigenvalue weighted by molar-refractivity contribution is -0.154. The second kappa shape index (κ2) is 13.0. The summed E-state index contributed by atoms with van der Waals surface area (Å²) in [7, 11) is 0. The minimum Gasteiger partial charge on any atom is -0.448 e. The van der Waals surface area contributed by atoms with Crippen molar-refractivity contribution in [1.82, 2.24) is 19.6 Å². The van der Waals surface area contributed by atoms with Crippen LogP contribution in [0.2, 0.25) is 0 Å². The lowest BCUT2D eigenvalue weighted by Crippen LogP contribution is -2.71. The number of β-lactam (4-membered cyclic amide) rings is 1. The van der Waals surface area contributed by atoms with Crippen molar-refractivity contribution in [2.75, 3.05) is 22.5 Å². The topological polar surface area (TPSA) is 149 Å². The summed E-state index contributed by atoms with van der Waals surface area (Å²) < 4.78 is 10.7. The number of carbonyl (C=O) groups excluding carboxylic acids is 3. The first kappa shape index (κ1) is 29.0. The number of ether oxygens (including phenoxy) is 1. The van der Waals surface area contributed by atoms with Gasteiger partial charge in [-0.15, -0.1) is 11.8 Å². The molecule has 1 saturated heterocycles. The normalized spacial score (nSPS) is 18.6. The van der Waals surface area contributed by atoms with Gasteiger partial charge in [-0.25, -0.2) is 4.79 Å². The largest absolute Gasteiger partial charge is 0.448 e. The van der Waals surface area contributed by atoms with Crippen LogP contribution in [0, 0.1) is 0 Å². The number of halogens is 1. The SMILES string of the molecule is CCON=C(C(=O)NC1C(=O)N2C(C(=O)OC(c3ccccc3)c3ccccc3)=C(CI)CS[C@@H]12)c1nsc(N)n1. The Morgan fingerprint density at radius 3 is 2.39 bits per heavy atom. The van der Waals surface area contributed by atoms with Crippen molar-refractivity contribution in [2.24, 2.45) is 5.16 Å². The smallest absolute Gasteiger partial charge is 0.356 e. The van der Waals surface area contributed by atoms with Gasteiger partial charge in [-0.2, -0.15) is 9.36 Å². The van der Waals surface area contributed by atoms with Gasteiger partial charge in [0.1, 0.15) is 23.7 Å². The van der Waals surface area contributed by atoms with E-state index in [4.69, 9.17) is 15.3 Å². The summed E-state index contributed by atoms with van der Waals surface area (Å²) in [6.07, 6.45) is -0.664. The average Bonchev–Trinajstić information content (AvgIpc) is 3.44. The first-order valence-corrected chi connectivity index (χ1v) is 15.9. The highest BCUT2D eigenvalue weighted by molar-refractivity contribution is 14.1. The molecule has 5 rings (SSSR count). The zero-order valence-corrected chi connectivity index (χ0v) is 25.5. The molecule has 0 bridgehead atoms. The van der Waals surface area contributed by atoms with Crippen LogP contribution in [0.4, 0.5) is 5.13 Å². The molecule has 2 atom stereocenters. The number of oxime groups is 1. The molecule has 3 N–H and O–H groups in total. The zero-order valence-electron chi connectivity index (χ0n) is 21.7. The van der Waals surface area contributed by atoms with E-state index in [1.807, 2.05) is 60.7 Å². The Bertz CT molecular complexity index is 1460. The van der Waals surface area contributed by atoms with Gasteiger partial charge in [0.25, 0.3) is 11.8 Å². The Kier molecular flexibility index (Phi) is 9.19. The number of fused-ring (bicyclic) bond motifs is 1. The number of amides is 2. The number of aromatic nitrogens is 2. The molecular weight excluding hydrogens is 679 g/mol. The number of alkyl halides is 1. The van der Waals surface area contributed by atoms with E-state index in [0.29, 0.717) is 10.2 Å². The van der Waals surface area contributed by atoms with Gasteiger partial charge < -0.3 is 20.6 Å². The van der Waals surface area contributed by atoms with Crippen molar-refractivity contribution < 1.29 is 24.0 Å². The van der Waals surface area contributed by atoms with Crippen LogP contribution in [0.5, 0.6) is 0 Å². The van der Waals surface area contributed by atoms with E-state index in [1.165, 1.54) is 16.7 Å². The van der Waals surface area contributed by atoms with E-state index < -0.39 is 35.3 Å². The number of nitrogens with zero attached hydrogens (tertiary/aromatic N) is 4. The Labute approximate surface area is 257 Å². The molecule has 1 unspecified atom stereocenters. The van der Waals surface area contributed by atoms with E-state index in [2.05, 4.69) is 42.4 Å². The summed E-state index contributed by atoms with van der Waals surface area (Å²) in [6, 6.07) is 18.0. The fourth-order valence-electron chi connectivity index (χ4n) is 4.38. The zero-order chi connectivity index (χ0) is 28.9. The number of hydrogen-bond acceptors (Lipinski definition) is 11. The van der Waals surface area contributed by atoms with Crippen LogP contribution in [-0.2, 0) is 24.0 Å². The molecule has 2 amide bonds. The quantitative estimate of drug-likeness (QED) is 0.0810. The summed E-state index contributed by atoms with van der Waals surface area (Å²) in [5, 5.41) is 6.21. The minimum absolute atomic E-state index is 0.00241. The number of benzene rings is 2. The van der Waals surface area contributed by atoms with Gasteiger partial charge in [0.2, 0.25) is 11.5 Å². The molecule has 0 radical (unpaired) electrons. The highest BCUT2D eigenvalue weighted by Crippen LogP contribution is 2.42. The monoisotopic (exact) mass is 704 g/mol. The van der Waals surface area contributed by atoms with Gasteiger partial charge >= 0.3 is 5.97 Å². The molecule has 0 spiro atoms. The van der Waals surface area contributed by atoms with Gasteiger partial charge in [-0.3, -0.25) is 14.5 Å². The van der Waals surface area contributed by atoms with Crippen molar-refractivity contribution in [1.29, 1.82) is 0 Å². The maximum atomic E-state index is 13.8. The van der Waals surface area contributed by atoms with Crippen LogP contribution in [0.3, 0.4) is 0 Å². The molecule has 1 aromatic heterocycles. The molecule has 3 aromatic rings. The standard InChI is InChI=1S/C27H25IN6O5S2/c1-2-38-32-18(22-31-27(29)41-33-22)23(35)30-19-24(36)34-20(17(13-28)14-40-25(19)34)26(37)39-21(15-9-5-3-6-10-15)16-11-7-4-8-12-16/h3-12,19,21,25H,2,13-14H2,1H3,(H,30,35)(H2,29,31,33)/t19?,25-/m0/s1. The molecule has 2 aromatic carbocycles. The molecular formula is C27H25IN6O5S2. The fraction of sp³-hybridized carbons (Fsp3) is 0.259. The molecule has 11 nitrogen and oxygen atoms in total. The van der Waals surface area contributed by atoms with E-state index in [-0.39, 0.29) is 29.0 Å². The first-order valence-electron chi connectivity index (χ1n) is 12.6. The number of nitrogens with two attached hydrogens (primary N) is 1. The Morgan fingerprint density at radius 1 is 1.17 bits per heavy atom. The van der Waals surface area contributed by atoms with Crippen LogP contribution >= 0.6 is 45.9 Å². The molecule has 212 valence electrons. The van der Waals surface area contributed by atoms with Crippen LogP contribution in [0.1, 0.15) is 30.0 Å². The fourth-order valence-corrected chi connectivity index (χ4v) is 7.15. The summed E-state index contributed by atoms with van der Waals surface area (Å²) in [5.41, 5.74) is 8.10. The van der Waals surface area contributed by atoms with E-state index in [0.717, 1.165) is 28.2 Å². The molecule has 2 aliphatic rings. The molecule has 0 aliphatic carbocycles. The third-order valence-electron chi connectivity index (χ3n) is 6.27. The van der Waals surface area contributed by atoms with Gasteiger partial charge in [0, 0.05) is 21.7 Å². The maximum Gasteiger partial charge on any atom is 0.356 e. The third kappa shape index (κ3) is 6.08. The third-order valence-corrected chi connectivity index (χ3v) is 9.07. The minimum atomic E-state index is -0.895. The summed E-state index contributed by atoms with van der Waals surface area (Å²) >= 11 is 4.55. The van der Waals surface area contributed by atoms with Gasteiger partial charge in [-0.1, -0.05) is 88.4 Å². The Morgan fingerprint density at radius 2 is 1.83 bits per heavy atom. The predicted molar refractivity (Wildman–Crippen MR) is 164 cm³/mol. The Hall–Kier alpha value is -3.50. The van der Waals surface area contributed by atoms with E-state index in [1.54, 1.807) is 6.92 Å². The number of nitrogen functional groups attached to an aromatic ring is 1. The first-order chi connectivity index (χ1) is 19.9. The molecule has 2 aliphatic heterocycles. The number of thioether (sulfide) groups is 1.